The first-order valence-corrected chi connectivity index (χ1v) is 7.46. The van der Waals surface area contributed by atoms with Gasteiger partial charge in [0.2, 0.25) is 5.91 Å². The van der Waals surface area contributed by atoms with Crippen molar-refractivity contribution in [2.24, 2.45) is 0 Å². The zero-order valence-electron chi connectivity index (χ0n) is 11.7. The second-order valence-corrected chi connectivity index (χ2v) is 5.59. The van der Waals surface area contributed by atoms with Gasteiger partial charge in [0.05, 0.1) is 6.42 Å². The number of anilines is 1. The van der Waals surface area contributed by atoms with Crippen molar-refractivity contribution in [3.63, 3.8) is 0 Å². The summed E-state index contributed by atoms with van der Waals surface area (Å²) in [5.74, 6) is -0.0324. The van der Waals surface area contributed by atoms with Crippen LogP contribution >= 0.6 is 11.6 Å². The Morgan fingerprint density at radius 2 is 2.05 bits per heavy atom. The lowest BCUT2D eigenvalue weighted by Crippen LogP contribution is -2.25. The monoisotopic (exact) mass is 300 g/mol. The third kappa shape index (κ3) is 3.26. The molecule has 0 aromatic heterocycles. The summed E-state index contributed by atoms with van der Waals surface area (Å²) in [5, 5.41) is 6.99. The number of fused-ring (bicyclic) bond motifs is 1. The average Bonchev–Trinajstić information content (AvgIpc) is 2.50. The first kappa shape index (κ1) is 14.1. The summed E-state index contributed by atoms with van der Waals surface area (Å²) in [6.45, 7) is 1.81. The van der Waals surface area contributed by atoms with Crippen molar-refractivity contribution < 1.29 is 4.79 Å². The van der Waals surface area contributed by atoms with E-state index >= 15 is 0 Å². The van der Waals surface area contributed by atoms with Gasteiger partial charge in [0.1, 0.15) is 0 Å². The number of rotatable bonds is 3. The van der Waals surface area contributed by atoms with Gasteiger partial charge >= 0.3 is 0 Å². The highest BCUT2D eigenvalue weighted by Gasteiger charge is 2.14. The molecular weight excluding hydrogens is 284 g/mol. The Bertz CT molecular complexity index is 670. The van der Waals surface area contributed by atoms with Crippen molar-refractivity contribution in [1.82, 2.24) is 5.32 Å². The molecule has 21 heavy (non-hydrogen) atoms. The standard InChI is InChI=1S/C17H17ClN2O/c18-15-6-2-1-4-12(15)10-17(21)20-16-7-3-5-13-11-19-9-8-14(13)16/h1-7,19H,8-11H2,(H,20,21). The van der Waals surface area contributed by atoms with Gasteiger partial charge in [0, 0.05) is 17.3 Å². The van der Waals surface area contributed by atoms with E-state index in [1.807, 2.05) is 30.3 Å². The number of carbonyl (C=O) groups excluding carboxylic acids is 1. The lowest BCUT2D eigenvalue weighted by Gasteiger charge is -2.20. The Morgan fingerprint density at radius 1 is 1.19 bits per heavy atom. The lowest BCUT2D eigenvalue weighted by molar-refractivity contribution is -0.115. The van der Waals surface area contributed by atoms with Gasteiger partial charge in [-0.3, -0.25) is 4.79 Å². The van der Waals surface area contributed by atoms with Crippen LogP contribution in [0.1, 0.15) is 16.7 Å². The number of hydrogen-bond donors (Lipinski definition) is 2. The van der Waals surface area contributed by atoms with E-state index in [9.17, 15) is 4.79 Å². The molecule has 0 saturated heterocycles. The van der Waals surface area contributed by atoms with Crippen LogP contribution in [0.3, 0.4) is 0 Å². The second kappa shape index (κ2) is 6.29. The van der Waals surface area contributed by atoms with E-state index in [0.717, 1.165) is 30.8 Å². The SMILES string of the molecule is O=C(Cc1ccccc1Cl)Nc1cccc2c1CCNC2. The molecule has 1 heterocycles. The summed E-state index contributed by atoms with van der Waals surface area (Å²) in [4.78, 5) is 12.2. The quantitative estimate of drug-likeness (QED) is 0.914. The smallest absolute Gasteiger partial charge is 0.228 e. The molecule has 3 nitrogen and oxygen atoms in total. The first-order valence-electron chi connectivity index (χ1n) is 7.09. The Hall–Kier alpha value is -1.84. The molecule has 0 aliphatic carbocycles. The van der Waals surface area contributed by atoms with E-state index in [4.69, 9.17) is 11.6 Å². The topological polar surface area (TPSA) is 41.1 Å². The Kier molecular flexibility index (Phi) is 4.23. The minimum Gasteiger partial charge on any atom is -0.326 e. The molecule has 2 aromatic rings. The van der Waals surface area contributed by atoms with Crippen LogP contribution in [0.15, 0.2) is 42.5 Å². The van der Waals surface area contributed by atoms with Crippen LogP contribution in [-0.2, 0) is 24.2 Å². The van der Waals surface area contributed by atoms with Crippen molar-refractivity contribution in [3.05, 3.63) is 64.2 Å². The summed E-state index contributed by atoms with van der Waals surface area (Å²) in [7, 11) is 0. The molecule has 0 bridgehead atoms. The molecule has 1 aliphatic rings. The zero-order chi connectivity index (χ0) is 14.7. The summed E-state index contributed by atoms with van der Waals surface area (Å²) < 4.78 is 0. The highest BCUT2D eigenvalue weighted by atomic mass is 35.5. The maximum atomic E-state index is 12.2. The molecule has 0 atom stereocenters. The fourth-order valence-electron chi connectivity index (χ4n) is 2.66. The number of carbonyl (C=O) groups is 1. The molecule has 2 aromatic carbocycles. The van der Waals surface area contributed by atoms with Crippen LogP contribution in [0.4, 0.5) is 5.69 Å². The minimum atomic E-state index is -0.0324. The van der Waals surface area contributed by atoms with Crippen LogP contribution in [0.2, 0.25) is 5.02 Å². The van der Waals surface area contributed by atoms with Crippen molar-refractivity contribution in [3.8, 4) is 0 Å². The second-order valence-electron chi connectivity index (χ2n) is 5.19. The summed E-state index contributed by atoms with van der Waals surface area (Å²) in [6, 6.07) is 13.5. The molecule has 3 rings (SSSR count). The third-order valence-electron chi connectivity index (χ3n) is 3.72. The van der Waals surface area contributed by atoms with Gasteiger partial charge < -0.3 is 10.6 Å². The molecule has 2 N–H and O–H groups in total. The van der Waals surface area contributed by atoms with Crippen LogP contribution in [0, 0.1) is 0 Å². The maximum Gasteiger partial charge on any atom is 0.228 e. The summed E-state index contributed by atoms with van der Waals surface area (Å²) in [5.41, 5.74) is 4.27. The highest BCUT2D eigenvalue weighted by Crippen LogP contribution is 2.23. The molecule has 0 fully saturated rings. The van der Waals surface area contributed by atoms with Crippen molar-refractivity contribution in [2.45, 2.75) is 19.4 Å². The molecule has 0 radical (unpaired) electrons. The molecule has 0 saturated carbocycles. The van der Waals surface area contributed by atoms with Gasteiger partial charge in [0.15, 0.2) is 0 Å². The van der Waals surface area contributed by atoms with Crippen LogP contribution < -0.4 is 10.6 Å². The Balaban J connectivity index is 1.75. The maximum absolute atomic E-state index is 12.2. The van der Waals surface area contributed by atoms with Gasteiger partial charge in [0.25, 0.3) is 0 Å². The highest BCUT2D eigenvalue weighted by molar-refractivity contribution is 6.31. The van der Waals surface area contributed by atoms with Gasteiger partial charge in [-0.05, 0) is 41.8 Å². The molecule has 108 valence electrons. The average molecular weight is 301 g/mol. The molecule has 1 aliphatic heterocycles. The van der Waals surface area contributed by atoms with Crippen molar-refractivity contribution in [1.29, 1.82) is 0 Å². The van der Waals surface area contributed by atoms with Gasteiger partial charge in [-0.1, -0.05) is 41.9 Å². The molecular formula is C17H17ClN2O. The van der Waals surface area contributed by atoms with Crippen LogP contribution in [0.5, 0.6) is 0 Å². The van der Waals surface area contributed by atoms with Gasteiger partial charge in [-0.15, -0.1) is 0 Å². The minimum absolute atomic E-state index is 0.0324. The predicted molar refractivity (Wildman–Crippen MR) is 85.6 cm³/mol. The predicted octanol–water partition coefficient (Wildman–Crippen LogP) is 3.17. The lowest BCUT2D eigenvalue weighted by atomic mass is 9.99. The normalized spacial score (nSPS) is 13.6. The number of benzene rings is 2. The number of nitrogens with one attached hydrogen (secondary N) is 2. The van der Waals surface area contributed by atoms with E-state index in [2.05, 4.69) is 16.7 Å². The van der Waals surface area contributed by atoms with Gasteiger partial charge in [-0.25, -0.2) is 0 Å². The number of hydrogen-bond acceptors (Lipinski definition) is 2. The molecule has 0 unspecified atom stereocenters. The zero-order valence-corrected chi connectivity index (χ0v) is 12.4. The van der Waals surface area contributed by atoms with Crippen LogP contribution in [0.25, 0.3) is 0 Å². The third-order valence-corrected chi connectivity index (χ3v) is 4.09. The Labute approximate surface area is 129 Å². The largest absolute Gasteiger partial charge is 0.326 e. The van der Waals surface area contributed by atoms with E-state index in [-0.39, 0.29) is 5.91 Å². The number of halogens is 1. The van der Waals surface area contributed by atoms with Crippen LogP contribution in [-0.4, -0.2) is 12.5 Å². The fourth-order valence-corrected chi connectivity index (χ4v) is 2.86. The fraction of sp³-hybridized carbons (Fsp3) is 0.235. The summed E-state index contributed by atoms with van der Waals surface area (Å²) >= 11 is 6.10. The van der Waals surface area contributed by atoms with Crippen molar-refractivity contribution in [2.75, 3.05) is 11.9 Å². The number of amides is 1. The first-order chi connectivity index (χ1) is 10.2. The van der Waals surface area contributed by atoms with E-state index < -0.39 is 0 Å². The van der Waals surface area contributed by atoms with Crippen molar-refractivity contribution >= 4 is 23.2 Å². The molecule has 1 amide bonds. The van der Waals surface area contributed by atoms with E-state index in [1.54, 1.807) is 6.07 Å². The van der Waals surface area contributed by atoms with E-state index in [1.165, 1.54) is 11.1 Å². The molecule has 4 heteroatoms. The van der Waals surface area contributed by atoms with E-state index in [0.29, 0.717) is 11.4 Å². The summed E-state index contributed by atoms with van der Waals surface area (Å²) in [6.07, 6.45) is 1.24. The Morgan fingerprint density at radius 3 is 2.90 bits per heavy atom. The molecule has 0 spiro atoms. The van der Waals surface area contributed by atoms with Gasteiger partial charge in [-0.2, -0.15) is 0 Å².